The Balaban J connectivity index is 1.50. The Hall–Kier alpha value is -2.38. The van der Waals surface area contributed by atoms with Crippen LogP contribution in [0.2, 0.25) is 10.0 Å². The highest BCUT2D eigenvalue weighted by atomic mass is 35.5. The second-order valence-corrected chi connectivity index (χ2v) is 11.7. The largest absolute Gasteiger partial charge is 0.345 e. The Morgan fingerprint density at radius 3 is 2.46 bits per heavy atom. The smallest absolute Gasteiger partial charge is 0.225 e. The number of halogens is 2. The standard InChI is InChI=1S/C27H28Cl2N2O3S/c1-19-8-5-6-12-23(19)26(21-9-3-2-4-10-21)30-27(32)22-11-7-15-31(17-22)35(33,34)18-20-13-14-24(28)25(29)16-20/h2-6,8-10,12-14,16,22,26H,7,11,15,17-18H2,1H3,(H,30,32)/t22-,26+/m1/s1. The van der Waals surface area contributed by atoms with Crippen molar-refractivity contribution < 1.29 is 13.2 Å². The van der Waals surface area contributed by atoms with Crippen molar-refractivity contribution in [2.45, 2.75) is 31.6 Å². The number of piperidine rings is 1. The van der Waals surface area contributed by atoms with Crippen LogP contribution in [-0.2, 0) is 20.6 Å². The predicted molar refractivity (Wildman–Crippen MR) is 141 cm³/mol. The molecule has 0 radical (unpaired) electrons. The summed E-state index contributed by atoms with van der Waals surface area (Å²) in [6.07, 6.45) is 1.26. The summed E-state index contributed by atoms with van der Waals surface area (Å²) in [5.41, 5.74) is 3.65. The lowest BCUT2D eigenvalue weighted by atomic mass is 9.93. The van der Waals surface area contributed by atoms with Gasteiger partial charge in [0, 0.05) is 13.1 Å². The van der Waals surface area contributed by atoms with Gasteiger partial charge in [0.15, 0.2) is 0 Å². The number of aryl methyl sites for hydroxylation is 1. The molecule has 5 nitrogen and oxygen atoms in total. The first kappa shape index (κ1) is 25.7. The van der Waals surface area contributed by atoms with E-state index in [-0.39, 0.29) is 24.2 Å². The molecule has 1 fully saturated rings. The molecule has 0 unspecified atom stereocenters. The summed E-state index contributed by atoms with van der Waals surface area (Å²) in [6, 6.07) is 22.3. The van der Waals surface area contributed by atoms with Gasteiger partial charge >= 0.3 is 0 Å². The van der Waals surface area contributed by atoms with Crippen LogP contribution < -0.4 is 5.32 Å². The second-order valence-electron chi connectivity index (χ2n) is 8.91. The molecule has 0 aromatic heterocycles. The normalized spacial score (nSPS) is 17.6. The highest BCUT2D eigenvalue weighted by molar-refractivity contribution is 7.88. The summed E-state index contributed by atoms with van der Waals surface area (Å²) < 4.78 is 27.7. The van der Waals surface area contributed by atoms with Gasteiger partial charge < -0.3 is 5.32 Å². The number of carbonyl (C=O) groups is 1. The molecule has 3 aromatic carbocycles. The molecule has 1 heterocycles. The summed E-state index contributed by atoms with van der Waals surface area (Å²) in [5.74, 6) is -0.757. The molecule has 184 valence electrons. The molecule has 2 atom stereocenters. The third-order valence-electron chi connectivity index (χ3n) is 6.40. The van der Waals surface area contributed by atoms with E-state index in [0.717, 1.165) is 16.7 Å². The van der Waals surface area contributed by atoms with E-state index >= 15 is 0 Å². The molecule has 0 aliphatic carbocycles. The summed E-state index contributed by atoms with van der Waals surface area (Å²) in [4.78, 5) is 13.4. The zero-order valence-corrected chi connectivity index (χ0v) is 21.8. The van der Waals surface area contributed by atoms with E-state index in [0.29, 0.717) is 35.0 Å². The van der Waals surface area contributed by atoms with Crippen LogP contribution in [0.15, 0.2) is 72.8 Å². The topological polar surface area (TPSA) is 66.5 Å². The fourth-order valence-electron chi connectivity index (χ4n) is 4.50. The Labute approximate surface area is 217 Å². The molecule has 1 amide bonds. The third-order valence-corrected chi connectivity index (χ3v) is 8.96. The van der Waals surface area contributed by atoms with Gasteiger partial charge in [0.25, 0.3) is 0 Å². The first-order valence-corrected chi connectivity index (χ1v) is 13.9. The lowest BCUT2D eigenvalue weighted by Crippen LogP contribution is -2.46. The van der Waals surface area contributed by atoms with Crippen molar-refractivity contribution in [3.8, 4) is 0 Å². The number of amides is 1. The zero-order valence-electron chi connectivity index (χ0n) is 19.5. The molecule has 35 heavy (non-hydrogen) atoms. The van der Waals surface area contributed by atoms with Crippen molar-refractivity contribution in [3.63, 3.8) is 0 Å². The van der Waals surface area contributed by atoms with Gasteiger partial charge in [-0.1, -0.05) is 83.9 Å². The van der Waals surface area contributed by atoms with Crippen molar-refractivity contribution in [1.29, 1.82) is 0 Å². The SMILES string of the molecule is Cc1ccccc1[C@@H](NC(=O)[C@@H]1CCCN(S(=O)(=O)Cc2ccc(Cl)c(Cl)c2)C1)c1ccccc1. The van der Waals surface area contributed by atoms with Crippen LogP contribution in [0, 0.1) is 12.8 Å². The van der Waals surface area contributed by atoms with Crippen LogP contribution in [0.5, 0.6) is 0 Å². The van der Waals surface area contributed by atoms with Crippen LogP contribution in [0.25, 0.3) is 0 Å². The number of benzene rings is 3. The van der Waals surface area contributed by atoms with Crippen molar-refractivity contribution in [2.75, 3.05) is 13.1 Å². The van der Waals surface area contributed by atoms with E-state index in [9.17, 15) is 13.2 Å². The maximum absolute atomic E-state index is 13.4. The molecule has 8 heteroatoms. The van der Waals surface area contributed by atoms with Gasteiger partial charge in [-0.25, -0.2) is 12.7 Å². The van der Waals surface area contributed by atoms with Gasteiger partial charge in [0.05, 0.1) is 27.8 Å². The number of sulfonamides is 1. The van der Waals surface area contributed by atoms with Crippen LogP contribution in [0.1, 0.15) is 41.1 Å². The minimum absolute atomic E-state index is 0.142. The van der Waals surface area contributed by atoms with E-state index in [1.54, 1.807) is 18.2 Å². The van der Waals surface area contributed by atoms with Crippen LogP contribution in [0.3, 0.4) is 0 Å². The first-order valence-electron chi connectivity index (χ1n) is 11.6. The molecule has 1 saturated heterocycles. The Kier molecular flexibility index (Phi) is 8.17. The van der Waals surface area contributed by atoms with Crippen molar-refractivity contribution in [2.24, 2.45) is 5.92 Å². The maximum Gasteiger partial charge on any atom is 0.225 e. The number of rotatable bonds is 7. The lowest BCUT2D eigenvalue weighted by molar-refractivity contribution is -0.126. The van der Waals surface area contributed by atoms with Crippen molar-refractivity contribution in [1.82, 2.24) is 9.62 Å². The predicted octanol–water partition coefficient (Wildman–Crippen LogP) is 5.75. The lowest BCUT2D eigenvalue weighted by Gasteiger charge is -2.32. The number of hydrogen-bond donors (Lipinski definition) is 1. The fourth-order valence-corrected chi connectivity index (χ4v) is 6.42. The molecule has 1 aliphatic heterocycles. The maximum atomic E-state index is 13.4. The molecule has 4 rings (SSSR count). The Bertz CT molecular complexity index is 1300. The summed E-state index contributed by atoms with van der Waals surface area (Å²) in [6.45, 7) is 2.58. The van der Waals surface area contributed by atoms with Gasteiger partial charge in [-0.05, 0) is 54.2 Å². The summed E-state index contributed by atoms with van der Waals surface area (Å²) in [5, 5.41) is 3.90. The van der Waals surface area contributed by atoms with Crippen LogP contribution in [0.4, 0.5) is 0 Å². The highest BCUT2D eigenvalue weighted by Gasteiger charge is 2.33. The van der Waals surface area contributed by atoms with Gasteiger partial charge in [-0.3, -0.25) is 4.79 Å². The quantitative estimate of drug-likeness (QED) is 0.422. The number of carbonyl (C=O) groups excluding carboxylic acids is 1. The Morgan fingerprint density at radius 2 is 1.74 bits per heavy atom. The van der Waals surface area contributed by atoms with Crippen LogP contribution in [-0.4, -0.2) is 31.7 Å². The fraction of sp³-hybridized carbons (Fsp3) is 0.296. The number of hydrogen-bond acceptors (Lipinski definition) is 3. The molecule has 3 aromatic rings. The highest BCUT2D eigenvalue weighted by Crippen LogP contribution is 2.28. The van der Waals surface area contributed by atoms with Crippen molar-refractivity contribution >= 4 is 39.1 Å². The summed E-state index contributed by atoms with van der Waals surface area (Å²) in [7, 11) is -3.62. The number of nitrogens with one attached hydrogen (secondary N) is 1. The summed E-state index contributed by atoms with van der Waals surface area (Å²) >= 11 is 12.0. The molecule has 0 saturated carbocycles. The van der Waals surface area contributed by atoms with E-state index in [2.05, 4.69) is 5.32 Å². The molecule has 0 bridgehead atoms. The molecule has 1 aliphatic rings. The minimum Gasteiger partial charge on any atom is -0.345 e. The number of nitrogens with zero attached hydrogens (tertiary/aromatic N) is 1. The monoisotopic (exact) mass is 530 g/mol. The molecule has 1 N–H and O–H groups in total. The third kappa shape index (κ3) is 6.25. The zero-order chi connectivity index (χ0) is 25.0. The van der Waals surface area contributed by atoms with Crippen molar-refractivity contribution in [3.05, 3.63) is 105 Å². The second kappa shape index (κ2) is 11.1. The van der Waals surface area contributed by atoms with Gasteiger partial charge in [0.2, 0.25) is 15.9 Å². The first-order chi connectivity index (χ1) is 16.7. The average molecular weight is 532 g/mol. The molecular weight excluding hydrogens is 503 g/mol. The van der Waals surface area contributed by atoms with E-state index in [4.69, 9.17) is 23.2 Å². The molecule has 0 spiro atoms. The van der Waals surface area contributed by atoms with Gasteiger partial charge in [-0.2, -0.15) is 0 Å². The minimum atomic E-state index is -3.62. The van der Waals surface area contributed by atoms with E-state index < -0.39 is 15.9 Å². The van der Waals surface area contributed by atoms with E-state index in [1.807, 2.05) is 61.5 Å². The van der Waals surface area contributed by atoms with Gasteiger partial charge in [0.1, 0.15) is 0 Å². The Morgan fingerprint density at radius 1 is 1.03 bits per heavy atom. The average Bonchev–Trinajstić information content (AvgIpc) is 2.86. The molecular formula is C27H28Cl2N2O3S. The van der Waals surface area contributed by atoms with Gasteiger partial charge in [-0.15, -0.1) is 0 Å². The van der Waals surface area contributed by atoms with Crippen LogP contribution >= 0.6 is 23.2 Å². The van der Waals surface area contributed by atoms with E-state index in [1.165, 1.54) is 4.31 Å².